The van der Waals surface area contributed by atoms with E-state index in [0.717, 1.165) is 0 Å². The maximum Gasteiger partial charge on any atom is 0.306 e. The van der Waals surface area contributed by atoms with Crippen molar-refractivity contribution >= 4 is 28.6 Å². The Balaban J connectivity index is 2.37. The molecule has 0 saturated carbocycles. The number of halogens is 1. The largest absolute Gasteiger partial charge is 0.461 e. The van der Waals surface area contributed by atoms with Gasteiger partial charge in [0.1, 0.15) is 6.10 Å². The number of hydrogen-bond donors (Lipinski definition) is 0. The Morgan fingerprint density at radius 1 is 1.41 bits per heavy atom. The smallest absolute Gasteiger partial charge is 0.306 e. The predicted molar refractivity (Wildman–Crippen MR) is 76.6 cm³/mol. The van der Waals surface area contributed by atoms with Crippen molar-refractivity contribution in [2.75, 3.05) is 0 Å². The zero-order valence-corrected chi connectivity index (χ0v) is 12.5. The molecule has 0 aromatic heterocycles. The molecule has 3 atom stereocenters. The van der Waals surface area contributed by atoms with E-state index < -0.39 is 0 Å². The molecule has 3 heteroatoms. The predicted octanol–water partition coefficient (Wildman–Crippen LogP) is 3.53. The van der Waals surface area contributed by atoms with Crippen molar-refractivity contribution in [2.24, 2.45) is 0 Å². The normalized spacial score (nSPS) is 25.8. The topological polar surface area (TPSA) is 26.3 Å². The van der Waals surface area contributed by atoms with E-state index in [1.54, 1.807) is 0 Å². The molecule has 1 heterocycles. The van der Waals surface area contributed by atoms with Crippen molar-refractivity contribution in [3.63, 3.8) is 0 Å². The van der Waals surface area contributed by atoms with Crippen molar-refractivity contribution < 1.29 is 9.53 Å². The molecular weight excluding hydrogens is 327 g/mol. The zero-order chi connectivity index (χ0) is 12.6. The molecule has 0 unspecified atom stereocenters. The molecule has 0 aliphatic carbocycles. The van der Waals surface area contributed by atoms with Gasteiger partial charge in [-0.3, -0.25) is 4.79 Å². The third kappa shape index (κ3) is 2.64. The number of esters is 1. The van der Waals surface area contributed by atoms with Crippen LogP contribution in [0.1, 0.15) is 36.0 Å². The lowest BCUT2D eigenvalue weighted by atomic mass is 9.87. The van der Waals surface area contributed by atoms with Gasteiger partial charge in [-0.25, -0.2) is 0 Å². The minimum atomic E-state index is -0.0653. The Morgan fingerprint density at radius 3 is 2.76 bits per heavy atom. The van der Waals surface area contributed by atoms with E-state index >= 15 is 0 Å². The molecule has 2 rings (SSSR count). The van der Waals surface area contributed by atoms with Crippen molar-refractivity contribution in [2.45, 2.75) is 43.1 Å². The third-order valence-electron chi connectivity index (χ3n) is 3.34. The van der Waals surface area contributed by atoms with Crippen LogP contribution in [-0.2, 0) is 9.53 Å². The van der Waals surface area contributed by atoms with E-state index in [1.807, 2.05) is 0 Å². The summed E-state index contributed by atoms with van der Waals surface area (Å²) < 4.78 is 5.78. The van der Waals surface area contributed by atoms with Crippen molar-refractivity contribution in [3.05, 3.63) is 34.9 Å². The summed E-state index contributed by atoms with van der Waals surface area (Å²) >= 11 is 2.34. The first-order valence-electron chi connectivity index (χ1n) is 5.89. The first kappa shape index (κ1) is 12.9. The number of carbonyl (C=O) groups is 1. The highest BCUT2D eigenvalue weighted by Gasteiger charge is 2.38. The quantitative estimate of drug-likeness (QED) is 0.466. The lowest BCUT2D eigenvalue weighted by Crippen LogP contribution is -2.23. The summed E-state index contributed by atoms with van der Waals surface area (Å²) in [7, 11) is 0. The third-order valence-corrected chi connectivity index (χ3v) is 4.05. The Bertz CT molecular complexity index is 440. The first-order valence-corrected chi connectivity index (χ1v) is 7.14. The van der Waals surface area contributed by atoms with Gasteiger partial charge in [-0.15, -0.1) is 0 Å². The van der Waals surface area contributed by atoms with Crippen LogP contribution >= 0.6 is 22.6 Å². The number of benzene rings is 1. The molecule has 1 aromatic carbocycles. The van der Waals surface area contributed by atoms with Crippen LogP contribution in [0.5, 0.6) is 0 Å². The molecule has 0 spiro atoms. The van der Waals surface area contributed by atoms with Crippen molar-refractivity contribution in [1.29, 1.82) is 0 Å². The van der Waals surface area contributed by atoms with Gasteiger partial charge in [0.15, 0.2) is 0 Å². The fraction of sp³-hybridized carbons (Fsp3) is 0.500. The van der Waals surface area contributed by atoms with E-state index in [4.69, 9.17) is 4.74 Å². The lowest BCUT2D eigenvalue weighted by Gasteiger charge is -2.22. The second-order valence-corrected chi connectivity index (χ2v) is 6.77. The van der Waals surface area contributed by atoms with Crippen LogP contribution in [0.25, 0.3) is 0 Å². The molecule has 17 heavy (non-hydrogen) atoms. The summed E-state index contributed by atoms with van der Waals surface area (Å²) in [5, 5.41) is 0. The van der Waals surface area contributed by atoms with Gasteiger partial charge in [-0.2, -0.15) is 0 Å². The standard InChI is InChI=1S/C14H17IO2/c1-8-4-5-9(2)11(6-8)12-7-13(16)17-14(12)10(3)15/h4-6,10,12,14H,7H2,1-3H3/t10-,12+,14-/m1/s1. The van der Waals surface area contributed by atoms with Gasteiger partial charge in [0.05, 0.1) is 6.42 Å². The second-order valence-electron chi connectivity index (χ2n) is 4.80. The average molecular weight is 344 g/mol. The van der Waals surface area contributed by atoms with Crippen molar-refractivity contribution in [1.82, 2.24) is 0 Å². The number of aryl methyl sites for hydroxylation is 2. The molecule has 0 N–H and O–H groups in total. The maximum absolute atomic E-state index is 11.5. The van der Waals surface area contributed by atoms with E-state index in [2.05, 4.69) is 61.6 Å². The van der Waals surface area contributed by atoms with E-state index in [1.165, 1.54) is 16.7 Å². The Morgan fingerprint density at radius 2 is 2.12 bits per heavy atom. The van der Waals surface area contributed by atoms with Crippen LogP contribution in [0.2, 0.25) is 0 Å². The van der Waals surface area contributed by atoms with Gasteiger partial charge in [0.2, 0.25) is 0 Å². The molecule has 0 bridgehead atoms. The summed E-state index contributed by atoms with van der Waals surface area (Å²) in [5.41, 5.74) is 3.76. The number of rotatable bonds is 2. The minimum absolute atomic E-state index is 0.0172. The van der Waals surface area contributed by atoms with Crippen molar-refractivity contribution in [3.8, 4) is 0 Å². The highest BCUT2D eigenvalue weighted by Crippen LogP contribution is 2.37. The number of ether oxygens (including phenoxy) is 1. The van der Waals surface area contributed by atoms with Gasteiger partial charge >= 0.3 is 5.97 Å². The number of hydrogen-bond acceptors (Lipinski definition) is 2. The second kappa shape index (κ2) is 4.96. The number of cyclic esters (lactones) is 1. The molecule has 1 aliphatic rings. The highest BCUT2D eigenvalue weighted by atomic mass is 127. The van der Waals surface area contributed by atoms with E-state index in [-0.39, 0.29) is 18.0 Å². The Hall–Kier alpha value is -0.580. The van der Waals surface area contributed by atoms with Gasteiger partial charge in [-0.1, -0.05) is 46.4 Å². The van der Waals surface area contributed by atoms with E-state index in [0.29, 0.717) is 10.3 Å². The molecule has 92 valence electrons. The van der Waals surface area contributed by atoms with Gasteiger partial charge in [0, 0.05) is 9.84 Å². The summed E-state index contributed by atoms with van der Waals surface area (Å²) in [5.74, 6) is 0.152. The van der Waals surface area contributed by atoms with Crippen LogP contribution in [0, 0.1) is 13.8 Å². The van der Waals surface area contributed by atoms with Crippen LogP contribution < -0.4 is 0 Å². The van der Waals surface area contributed by atoms with Gasteiger partial charge in [-0.05, 0) is 31.9 Å². The molecule has 1 aromatic rings. The fourth-order valence-electron chi connectivity index (χ4n) is 2.44. The minimum Gasteiger partial charge on any atom is -0.461 e. The number of alkyl halides is 1. The summed E-state index contributed by atoms with van der Waals surface area (Å²) in [6.45, 7) is 6.29. The maximum atomic E-state index is 11.5. The first-order chi connectivity index (χ1) is 7.99. The molecule has 0 amide bonds. The Labute approximate surface area is 116 Å². The molecule has 1 aliphatic heterocycles. The molecule has 2 nitrogen and oxygen atoms in total. The van der Waals surface area contributed by atoms with Crippen LogP contribution in [0.15, 0.2) is 18.2 Å². The van der Waals surface area contributed by atoms with Gasteiger partial charge in [0.25, 0.3) is 0 Å². The molecular formula is C14H17IO2. The molecule has 1 fully saturated rings. The summed E-state index contributed by atoms with van der Waals surface area (Å²) in [6, 6.07) is 6.43. The zero-order valence-electron chi connectivity index (χ0n) is 10.4. The summed E-state index contributed by atoms with van der Waals surface area (Å²) in [6.07, 6.45) is 0.533. The Kier molecular flexibility index (Phi) is 3.76. The SMILES string of the molecule is Cc1ccc(C)c([C@@H]2CC(=O)O[C@@H]2[C@@H](C)I)c1. The van der Waals surface area contributed by atoms with E-state index in [9.17, 15) is 4.79 Å². The monoisotopic (exact) mass is 344 g/mol. The lowest BCUT2D eigenvalue weighted by molar-refractivity contribution is -0.141. The highest BCUT2D eigenvalue weighted by molar-refractivity contribution is 14.1. The van der Waals surface area contributed by atoms with Gasteiger partial charge < -0.3 is 4.74 Å². The summed E-state index contributed by atoms with van der Waals surface area (Å²) in [4.78, 5) is 11.5. The van der Waals surface area contributed by atoms with Crippen LogP contribution in [0.4, 0.5) is 0 Å². The molecule has 1 saturated heterocycles. The molecule has 0 radical (unpaired) electrons. The average Bonchev–Trinajstić information content (AvgIpc) is 2.64. The van der Waals surface area contributed by atoms with Crippen LogP contribution in [-0.4, -0.2) is 16.0 Å². The fourth-order valence-corrected chi connectivity index (χ4v) is 3.09. The van der Waals surface area contributed by atoms with Crippen LogP contribution in [0.3, 0.4) is 0 Å². The number of carbonyl (C=O) groups excluding carboxylic acids is 1.